The first kappa shape index (κ1) is 20.8. The quantitative estimate of drug-likeness (QED) is 0.639. The van der Waals surface area contributed by atoms with Crippen LogP contribution in [0.1, 0.15) is 40.1 Å². The Labute approximate surface area is 167 Å². The summed E-state index contributed by atoms with van der Waals surface area (Å²) in [4.78, 5) is 32.1. The lowest BCUT2D eigenvalue weighted by Gasteiger charge is -2.36. The van der Waals surface area contributed by atoms with E-state index in [0.29, 0.717) is 25.8 Å². The minimum atomic E-state index is -0.598. The van der Waals surface area contributed by atoms with E-state index in [-0.39, 0.29) is 29.9 Å². The van der Waals surface area contributed by atoms with Crippen LogP contribution >= 0.6 is 0 Å². The predicted molar refractivity (Wildman–Crippen MR) is 102 cm³/mol. The molecule has 2 heterocycles. The minimum Gasteiger partial charge on any atom is -0.394 e. The maximum Gasteiger partial charge on any atom is 0.271 e. The van der Waals surface area contributed by atoms with Gasteiger partial charge in [0.15, 0.2) is 0 Å². The van der Waals surface area contributed by atoms with E-state index in [1.807, 2.05) is 0 Å². The van der Waals surface area contributed by atoms with Crippen molar-refractivity contribution < 1.29 is 23.8 Å². The van der Waals surface area contributed by atoms with Crippen molar-refractivity contribution in [2.24, 2.45) is 0 Å². The molecule has 1 aromatic heterocycles. The topological polar surface area (TPSA) is 113 Å². The minimum absolute atomic E-state index is 0.0435. The van der Waals surface area contributed by atoms with E-state index in [1.54, 1.807) is 6.07 Å². The average Bonchev–Trinajstić information content (AvgIpc) is 2.75. The summed E-state index contributed by atoms with van der Waals surface area (Å²) < 4.78 is 19.6. The molecule has 154 valence electrons. The van der Waals surface area contributed by atoms with Crippen molar-refractivity contribution in [1.82, 2.24) is 20.6 Å². The second-order valence-corrected chi connectivity index (χ2v) is 6.75. The summed E-state index contributed by atoms with van der Waals surface area (Å²) in [6, 6.07) is 5.31. The molecule has 2 aromatic rings. The van der Waals surface area contributed by atoms with Gasteiger partial charge in [0, 0.05) is 18.9 Å². The molecule has 0 aliphatic carbocycles. The van der Waals surface area contributed by atoms with Crippen LogP contribution in [0.4, 0.5) is 4.39 Å². The monoisotopic (exact) mass is 402 g/mol. The van der Waals surface area contributed by atoms with E-state index >= 15 is 0 Å². The van der Waals surface area contributed by atoms with Crippen molar-refractivity contribution >= 4 is 11.8 Å². The summed E-state index contributed by atoms with van der Waals surface area (Å²) in [5.74, 6) is -1.45. The number of aliphatic hydroxyl groups excluding tert-OH is 1. The maximum absolute atomic E-state index is 13.8. The van der Waals surface area contributed by atoms with Crippen LogP contribution in [0.3, 0.4) is 0 Å². The van der Waals surface area contributed by atoms with Crippen LogP contribution in [0, 0.1) is 5.82 Å². The first-order valence-corrected chi connectivity index (χ1v) is 9.44. The van der Waals surface area contributed by atoms with E-state index in [9.17, 15) is 19.1 Å². The van der Waals surface area contributed by atoms with Crippen LogP contribution in [0.25, 0.3) is 0 Å². The molecule has 3 N–H and O–H groups in total. The number of hydrogen-bond acceptors (Lipinski definition) is 6. The zero-order valence-corrected chi connectivity index (χ0v) is 15.8. The van der Waals surface area contributed by atoms with Crippen molar-refractivity contribution in [2.45, 2.75) is 37.5 Å². The third-order valence-corrected chi connectivity index (χ3v) is 4.78. The Morgan fingerprint density at radius 3 is 2.76 bits per heavy atom. The lowest BCUT2D eigenvalue weighted by Crippen LogP contribution is -2.51. The molecule has 1 aliphatic rings. The van der Waals surface area contributed by atoms with Crippen molar-refractivity contribution in [3.63, 3.8) is 0 Å². The van der Waals surface area contributed by atoms with Crippen LogP contribution in [0.2, 0.25) is 0 Å². The first-order chi connectivity index (χ1) is 14.1. The van der Waals surface area contributed by atoms with Gasteiger partial charge in [-0.2, -0.15) is 0 Å². The van der Waals surface area contributed by atoms with Crippen LogP contribution in [-0.2, 0) is 4.74 Å². The molecular weight excluding hydrogens is 379 g/mol. The second-order valence-electron chi connectivity index (χ2n) is 6.75. The molecule has 1 aliphatic heterocycles. The molecule has 0 saturated carbocycles. The zero-order chi connectivity index (χ0) is 20.6. The molecule has 1 saturated heterocycles. The molecule has 8 nitrogen and oxygen atoms in total. The molecule has 1 fully saturated rings. The third-order valence-electron chi connectivity index (χ3n) is 4.78. The van der Waals surface area contributed by atoms with Gasteiger partial charge in [0.25, 0.3) is 11.8 Å². The van der Waals surface area contributed by atoms with Gasteiger partial charge in [0.1, 0.15) is 17.6 Å². The van der Waals surface area contributed by atoms with Crippen molar-refractivity contribution in [3.8, 4) is 0 Å². The number of hydrogen-bond donors (Lipinski definition) is 3. The first-order valence-electron chi connectivity index (χ1n) is 9.44. The van der Waals surface area contributed by atoms with Gasteiger partial charge in [-0.3, -0.25) is 14.6 Å². The van der Waals surface area contributed by atoms with E-state index < -0.39 is 23.9 Å². The molecule has 1 aromatic carbocycles. The molecule has 3 rings (SSSR count). The van der Waals surface area contributed by atoms with Crippen LogP contribution in [0.5, 0.6) is 0 Å². The Hall–Kier alpha value is -2.91. The normalized spacial score (nSPS) is 21.4. The van der Waals surface area contributed by atoms with Crippen molar-refractivity contribution in [1.29, 1.82) is 0 Å². The number of ether oxygens (including phenoxy) is 1. The third kappa shape index (κ3) is 5.55. The zero-order valence-electron chi connectivity index (χ0n) is 15.8. The van der Waals surface area contributed by atoms with Gasteiger partial charge in [-0.15, -0.1) is 0 Å². The van der Waals surface area contributed by atoms with Gasteiger partial charge in [-0.25, -0.2) is 9.37 Å². The molecule has 0 spiro atoms. The van der Waals surface area contributed by atoms with E-state index in [0.717, 1.165) is 0 Å². The number of amides is 2. The summed E-state index contributed by atoms with van der Waals surface area (Å²) in [5.41, 5.74) is 0.194. The fraction of sp³-hybridized carbons (Fsp3) is 0.400. The highest BCUT2D eigenvalue weighted by Crippen LogP contribution is 2.22. The van der Waals surface area contributed by atoms with Gasteiger partial charge in [0.2, 0.25) is 0 Å². The summed E-state index contributed by atoms with van der Waals surface area (Å²) in [7, 11) is 0. The number of carbonyl (C=O) groups is 2. The highest BCUT2D eigenvalue weighted by atomic mass is 19.1. The highest BCUT2D eigenvalue weighted by molar-refractivity contribution is 5.94. The Kier molecular flexibility index (Phi) is 7.20. The fourth-order valence-corrected chi connectivity index (χ4v) is 3.25. The van der Waals surface area contributed by atoms with Crippen LogP contribution in [0.15, 0.2) is 42.9 Å². The Morgan fingerprint density at radius 2 is 2.03 bits per heavy atom. The Balaban J connectivity index is 1.47. The largest absolute Gasteiger partial charge is 0.394 e. The van der Waals surface area contributed by atoms with Gasteiger partial charge in [-0.05, 0) is 31.4 Å². The van der Waals surface area contributed by atoms with E-state index in [4.69, 9.17) is 4.74 Å². The molecular formula is C20H23FN4O4. The predicted octanol–water partition coefficient (Wildman–Crippen LogP) is 1.07. The average molecular weight is 402 g/mol. The molecule has 0 radical (unpaired) electrons. The Bertz CT molecular complexity index is 836. The number of nitrogens with zero attached hydrogens (tertiary/aromatic N) is 2. The van der Waals surface area contributed by atoms with Gasteiger partial charge in [0.05, 0.1) is 30.5 Å². The van der Waals surface area contributed by atoms with E-state index in [2.05, 4.69) is 20.6 Å². The summed E-state index contributed by atoms with van der Waals surface area (Å²) in [5, 5.41) is 15.1. The van der Waals surface area contributed by atoms with Crippen molar-refractivity contribution in [3.05, 3.63) is 59.9 Å². The Morgan fingerprint density at radius 1 is 1.21 bits per heavy atom. The number of rotatable bonds is 7. The lowest BCUT2D eigenvalue weighted by molar-refractivity contribution is -0.0893. The molecule has 29 heavy (non-hydrogen) atoms. The molecule has 3 atom stereocenters. The molecule has 2 amide bonds. The van der Waals surface area contributed by atoms with Gasteiger partial charge >= 0.3 is 0 Å². The fourth-order valence-electron chi connectivity index (χ4n) is 3.25. The second kappa shape index (κ2) is 10.0. The van der Waals surface area contributed by atoms with E-state index in [1.165, 1.54) is 36.8 Å². The standard InChI is InChI=1S/C20H23FN4O4/c21-15-4-2-1-3-14(15)19(27)25-16-6-5-13(29-18(16)12-26)7-8-24-20(28)17-11-22-9-10-23-17/h1-4,9-11,13,16,18,26H,5-8,12H2,(H,24,28)(H,25,27)/t13-,16-,18-/m1/s1. The van der Waals surface area contributed by atoms with Crippen LogP contribution < -0.4 is 10.6 Å². The number of halogens is 1. The number of carbonyl (C=O) groups excluding carboxylic acids is 2. The van der Waals surface area contributed by atoms with Crippen molar-refractivity contribution in [2.75, 3.05) is 13.2 Å². The number of aliphatic hydroxyl groups is 1. The number of aromatic nitrogens is 2. The maximum atomic E-state index is 13.8. The molecule has 0 bridgehead atoms. The lowest BCUT2D eigenvalue weighted by atomic mass is 9.96. The smallest absolute Gasteiger partial charge is 0.271 e. The molecule has 9 heteroatoms. The SMILES string of the molecule is O=C(NCC[C@H]1CC[C@@H](NC(=O)c2ccccc2F)[C@@H](CO)O1)c1cnccn1. The highest BCUT2D eigenvalue weighted by Gasteiger charge is 2.32. The van der Waals surface area contributed by atoms with Crippen LogP contribution in [-0.4, -0.2) is 58.3 Å². The number of benzene rings is 1. The van der Waals surface area contributed by atoms with Gasteiger partial charge in [-0.1, -0.05) is 12.1 Å². The van der Waals surface area contributed by atoms with Gasteiger partial charge < -0.3 is 20.5 Å². The number of nitrogens with one attached hydrogen (secondary N) is 2. The summed E-state index contributed by atoms with van der Waals surface area (Å²) >= 11 is 0. The molecule has 0 unspecified atom stereocenters. The summed E-state index contributed by atoms with van der Waals surface area (Å²) in [6.07, 6.45) is 5.32. The summed E-state index contributed by atoms with van der Waals surface area (Å²) in [6.45, 7) is 0.106.